The minimum atomic E-state index is 0.111. The van der Waals surface area contributed by atoms with Crippen LogP contribution in [0.2, 0.25) is 0 Å². The third-order valence-corrected chi connectivity index (χ3v) is 1.50. The first-order valence-corrected chi connectivity index (χ1v) is 4.40. The molecule has 0 amide bonds. The Morgan fingerprint density at radius 1 is 1.29 bits per heavy atom. The number of ether oxygens (including phenoxy) is 1. The van der Waals surface area contributed by atoms with Crippen molar-refractivity contribution in [3.63, 3.8) is 0 Å². The van der Waals surface area contributed by atoms with Crippen LogP contribution >= 0.6 is 0 Å². The summed E-state index contributed by atoms with van der Waals surface area (Å²) in [7, 11) is 0. The lowest BCUT2D eigenvalue weighted by atomic mass is 10.2. The maximum absolute atomic E-state index is 8.34. The van der Waals surface area contributed by atoms with Crippen LogP contribution < -0.4 is 4.74 Å². The van der Waals surface area contributed by atoms with Crippen molar-refractivity contribution in [2.24, 2.45) is 0 Å². The molecule has 0 atom stereocenters. The van der Waals surface area contributed by atoms with E-state index in [9.17, 15) is 0 Å². The molecule has 0 spiro atoms. The Bertz CT molecular complexity index is 404. The van der Waals surface area contributed by atoms with E-state index in [1.807, 2.05) is 38.1 Å². The van der Waals surface area contributed by atoms with Gasteiger partial charge in [0.2, 0.25) is 0 Å². The molecule has 0 bridgehead atoms. The average molecular weight is 185 g/mol. The predicted octanol–water partition coefficient (Wildman–Crippen LogP) is 2.35. The van der Waals surface area contributed by atoms with Crippen LogP contribution in [-0.2, 0) is 0 Å². The van der Waals surface area contributed by atoms with Gasteiger partial charge in [-0.1, -0.05) is 12.1 Å². The summed E-state index contributed by atoms with van der Waals surface area (Å²) in [4.78, 5) is 0. The summed E-state index contributed by atoms with van der Waals surface area (Å²) in [6, 6.07) is 9.22. The molecule has 0 saturated carbocycles. The van der Waals surface area contributed by atoms with Crippen molar-refractivity contribution in [1.82, 2.24) is 0 Å². The second kappa shape index (κ2) is 4.94. The van der Waals surface area contributed by atoms with Crippen LogP contribution in [0.4, 0.5) is 0 Å². The summed E-state index contributed by atoms with van der Waals surface area (Å²) in [5.41, 5.74) is 0.753. The van der Waals surface area contributed by atoms with E-state index >= 15 is 0 Å². The third-order valence-electron chi connectivity index (χ3n) is 1.50. The maximum atomic E-state index is 8.34. The van der Waals surface area contributed by atoms with Gasteiger partial charge >= 0.3 is 0 Å². The SMILES string of the molecule is CC(C)Oc1ccccc1C#CC#N. The fraction of sp³-hybridized carbons (Fsp3) is 0.250. The minimum Gasteiger partial charge on any atom is -0.490 e. The molecular formula is C12H11NO. The Balaban J connectivity index is 2.98. The van der Waals surface area contributed by atoms with Crippen LogP contribution in [0.15, 0.2) is 24.3 Å². The van der Waals surface area contributed by atoms with Crippen molar-refractivity contribution in [3.8, 4) is 23.7 Å². The van der Waals surface area contributed by atoms with E-state index in [0.717, 1.165) is 11.3 Å². The van der Waals surface area contributed by atoms with E-state index < -0.39 is 0 Å². The number of benzene rings is 1. The number of rotatable bonds is 2. The highest BCUT2D eigenvalue weighted by molar-refractivity contribution is 5.47. The van der Waals surface area contributed by atoms with Gasteiger partial charge in [-0.3, -0.25) is 0 Å². The second-order valence-corrected chi connectivity index (χ2v) is 3.02. The molecule has 14 heavy (non-hydrogen) atoms. The third kappa shape index (κ3) is 2.84. The van der Waals surface area contributed by atoms with Gasteiger partial charge in [0.1, 0.15) is 5.75 Å². The molecular weight excluding hydrogens is 174 g/mol. The highest BCUT2D eigenvalue weighted by atomic mass is 16.5. The molecule has 2 heteroatoms. The summed E-state index contributed by atoms with van der Waals surface area (Å²) in [5, 5.41) is 8.34. The quantitative estimate of drug-likeness (QED) is 0.662. The number of hydrogen-bond acceptors (Lipinski definition) is 2. The Labute approximate surface area is 84.1 Å². The molecule has 0 unspecified atom stereocenters. The predicted molar refractivity (Wildman–Crippen MR) is 54.7 cm³/mol. The molecule has 70 valence electrons. The van der Waals surface area contributed by atoms with Crippen molar-refractivity contribution >= 4 is 0 Å². The lowest BCUT2D eigenvalue weighted by molar-refractivity contribution is 0.242. The number of hydrogen-bond donors (Lipinski definition) is 0. The van der Waals surface area contributed by atoms with Crippen molar-refractivity contribution in [3.05, 3.63) is 29.8 Å². The highest BCUT2D eigenvalue weighted by Crippen LogP contribution is 2.17. The molecule has 0 aliphatic heterocycles. The number of para-hydroxylation sites is 1. The molecule has 0 heterocycles. The molecule has 0 aromatic heterocycles. The molecule has 0 radical (unpaired) electrons. The zero-order valence-corrected chi connectivity index (χ0v) is 8.24. The molecule has 0 fully saturated rings. The summed E-state index contributed by atoms with van der Waals surface area (Å²) in [5.74, 6) is 5.81. The largest absolute Gasteiger partial charge is 0.490 e. The topological polar surface area (TPSA) is 33.0 Å². The zero-order valence-electron chi connectivity index (χ0n) is 8.24. The van der Waals surface area contributed by atoms with Gasteiger partial charge in [-0.15, -0.1) is 0 Å². The van der Waals surface area contributed by atoms with Gasteiger partial charge in [0.15, 0.2) is 6.07 Å². The molecule has 0 aliphatic rings. The van der Waals surface area contributed by atoms with E-state index in [1.165, 1.54) is 0 Å². The summed E-state index contributed by atoms with van der Waals surface area (Å²) < 4.78 is 5.53. The maximum Gasteiger partial charge on any atom is 0.152 e. The normalized spacial score (nSPS) is 8.71. The average Bonchev–Trinajstić information content (AvgIpc) is 2.16. The summed E-state index contributed by atoms with van der Waals surface area (Å²) in [6.45, 7) is 3.91. The summed E-state index contributed by atoms with van der Waals surface area (Å²) >= 11 is 0. The Hall–Kier alpha value is -1.93. The Morgan fingerprint density at radius 2 is 2.00 bits per heavy atom. The molecule has 0 aliphatic carbocycles. The monoisotopic (exact) mass is 185 g/mol. The lowest BCUT2D eigenvalue weighted by Crippen LogP contribution is -2.06. The number of nitriles is 1. The molecule has 0 N–H and O–H groups in total. The van der Waals surface area contributed by atoms with Crippen molar-refractivity contribution in [2.75, 3.05) is 0 Å². The molecule has 1 aromatic carbocycles. The highest BCUT2D eigenvalue weighted by Gasteiger charge is 2.01. The molecule has 1 aromatic rings. The fourth-order valence-electron chi connectivity index (χ4n) is 1.02. The van der Waals surface area contributed by atoms with Crippen molar-refractivity contribution in [1.29, 1.82) is 5.26 Å². The first-order valence-electron chi connectivity index (χ1n) is 4.40. The van der Waals surface area contributed by atoms with E-state index in [0.29, 0.717) is 0 Å². The van der Waals surface area contributed by atoms with Crippen LogP contribution in [0.1, 0.15) is 19.4 Å². The standard InChI is InChI=1S/C12H11NO/c1-10(2)14-12-8-4-3-6-11(12)7-5-9-13/h3-4,6,8,10H,1-2H3. The lowest BCUT2D eigenvalue weighted by Gasteiger charge is -2.10. The van der Waals surface area contributed by atoms with Gasteiger partial charge in [0.25, 0.3) is 0 Å². The molecule has 2 nitrogen and oxygen atoms in total. The van der Waals surface area contributed by atoms with Crippen LogP contribution in [-0.4, -0.2) is 6.10 Å². The second-order valence-electron chi connectivity index (χ2n) is 3.02. The van der Waals surface area contributed by atoms with Gasteiger partial charge in [0, 0.05) is 5.92 Å². The molecule has 0 saturated heterocycles. The van der Waals surface area contributed by atoms with Crippen molar-refractivity contribution < 1.29 is 4.74 Å². The van der Waals surface area contributed by atoms with Crippen LogP contribution in [0, 0.1) is 23.2 Å². The van der Waals surface area contributed by atoms with Crippen molar-refractivity contribution in [2.45, 2.75) is 20.0 Å². The van der Waals surface area contributed by atoms with Crippen LogP contribution in [0.3, 0.4) is 0 Å². The van der Waals surface area contributed by atoms with Gasteiger partial charge in [0.05, 0.1) is 11.7 Å². The van der Waals surface area contributed by atoms with E-state index in [2.05, 4.69) is 11.8 Å². The van der Waals surface area contributed by atoms with Crippen LogP contribution in [0.25, 0.3) is 0 Å². The number of nitrogens with zero attached hydrogens (tertiary/aromatic N) is 1. The van der Waals surface area contributed by atoms with E-state index in [1.54, 1.807) is 6.07 Å². The van der Waals surface area contributed by atoms with Gasteiger partial charge in [-0.2, -0.15) is 5.26 Å². The van der Waals surface area contributed by atoms with Gasteiger partial charge in [-0.05, 0) is 31.9 Å². The Kier molecular flexibility index (Phi) is 3.58. The van der Waals surface area contributed by atoms with Gasteiger partial charge < -0.3 is 4.74 Å². The first-order chi connectivity index (χ1) is 6.74. The van der Waals surface area contributed by atoms with Crippen LogP contribution in [0.5, 0.6) is 5.75 Å². The molecule has 1 rings (SSSR count). The van der Waals surface area contributed by atoms with E-state index in [4.69, 9.17) is 10.00 Å². The smallest absolute Gasteiger partial charge is 0.152 e. The summed E-state index contributed by atoms with van der Waals surface area (Å²) in [6.07, 6.45) is 0.111. The van der Waals surface area contributed by atoms with Gasteiger partial charge in [-0.25, -0.2) is 0 Å². The van der Waals surface area contributed by atoms with E-state index in [-0.39, 0.29) is 6.10 Å². The Morgan fingerprint density at radius 3 is 2.64 bits per heavy atom. The zero-order chi connectivity index (χ0) is 10.4. The fourth-order valence-corrected chi connectivity index (χ4v) is 1.02. The minimum absolute atomic E-state index is 0.111. The first kappa shape index (κ1) is 10.2.